The van der Waals surface area contributed by atoms with E-state index in [-0.39, 0.29) is 22.1 Å². The van der Waals surface area contributed by atoms with E-state index in [0.717, 1.165) is 0 Å². The molecule has 0 saturated heterocycles. The first kappa shape index (κ1) is 18.3. The predicted octanol–water partition coefficient (Wildman–Crippen LogP) is 3.81. The van der Waals surface area contributed by atoms with E-state index in [1.165, 1.54) is 37.4 Å². The van der Waals surface area contributed by atoms with E-state index >= 15 is 0 Å². The molecule has 0 aliphatic carbocycles. The lowest BCUT2D eigenvalue weighted by Crippen LogP contribution is -2.30. The van der Waals surface area contributed by atoms with Crippen LogP contribution in [0, 0.1) is 0 Å². The van der Waals surface area contributed by atoms with Gasteiger partial charge in [-0.1, -0.05) is 34.8 Å². The van der Waals surface area contributed by atoms with E-state index in [1.54, 1.807) is 0 Å². The molecule has 0 fully saturated rings. The number of nitrogen functional groups attached to an aromatic ring is 1. The molecule has 3 N–H and O–H groups in total. The van der Waals surface area contributed by atoms with E-state index in [0.29, 0.717) is 10.0 Å². The number of halogens is 3. The van der Waals surface area contributed by atoms with Gasteiger partial charge < -0.3 is 15.8 Å². The fraction of sp³-hybridized carbons (Fsp3) is 0.133. The fourth-order valence-corrected chi connectivity index (χ4v) is 2.22. The van der Waals surface area contributed by atoms with Crippen LogP contribution in [0.2, 0.25) is 15.1 Å². The number of esters is 1. The predicted molar refractivity (Wildman–Crippen MR) is 93.6 cm³/mol. The third-order valence-corrected chi connectivity index (χ3v) is 3.77. The van der Waals surface area contributed by atoms with E-state index in [1.807, 2.05) is 0 Å². The number of anilines is 2. The van der Waals surface area contributed by atoms with E-state index in [9.17, 15) is 9.59 Å². The number of rotatable bonds is 4. The monoisotopic (exact) mass is 387 g/mol. The number of hydrogen-bond donors (Lipinski definition) is 2. The minimum Gasteiger partial charge on any atom is -0.449 e. The lowest BCUT2D eigenvalue weighted by atomic mass is 10.2. The van der Waals surface area contributed by atoms with Gasteiger partial charge in [0.25, 0.3) is 5.91 Å². The molecule has 2 aromatic rings. The Bertz CT molecular complexity index is 799. The van der Waals surface area contributed by atoms with Crippen molar-refractivity contribution in [2.45, 2.75) is 13.0 Å². The highest BCUT2D eigenvalue weighted by Gasteiger charge is 2.20. The zero-order valence-corrected chi connectivity index (χ0v) is 14.6. The highest BCUT2D eigenvalue weighted by molar-refractivity contribution is 6.36. The van der Waals surface area contributed by atoms with Gasteiger partial charge in [0, 0.05) is 6.20 Å². The van der Waals surface area contributed by atoms with Gasteiger partial charge in [-0.3, -0.25) is 4.79 Å². The van der Waals surface area contributed by atoms with Crippen molar-refractivity contribution >= 4 is 58.2 Å². The zero-order chi connectivity index (χ0) is 17.9. The summed E-state index contributed by atoms with van der Waals surface area (Å²) in [5, 5.41) is 3.27. The van der Waals surface area contributed by atoms with Crippen molar-refractivity contribution in [3.05, 3.63) is 51.1 Å². The molecule has 1 heterocycles. The normalized spacial score (nSPS) is 11.7. The summed E-state index contributed by atoms with van der Waals surface area (Å²) < 4.78 is 5.08. The summed E-state index contributed by atoms with van der Waals surface area (Å²) >= 11 is 17.4. The second-order valence-corrected chi connectivity index (χ2v) is 6.01. The topological polar surface area (TPSA) is 94.3 Å². The van der Waals surface area contributed by atoms with E-state index < -0.39 is 18.0 Å². The Hall–Kier alpha value is -2.02. The van der Waals surface area contributed by atoms with Crippen LogP contribution in [-0.4, -0.2) is 23.0 Å². The molecule has 2 rings (SSSR count). The summed E-state index contributed by atoms with van der Waals surface area (Å²) in [4.78, 5) is 28.0. The minimum absolute atomic E-state index is 0.115. The first-order valence-electron chi connectivity index (χ1n) is 6.66. The number of benzene rings is 1. The molecule has 6 nitrogen and oxygen atoms in total. The van der Waals surface area contributed by atoms with Gasteiger partial charge in [-0.15, -0.1) is 0 Å². The standard InChI is InChI=1S/C15H12Cl3N3O3/c1-7(14(22)21-13-11(18)5-9(16)6-20-13)24-15(23)8-2-3-10(17)12(19)4-8/h2-7H,19H2,1H3,(H,20,21,22)/t7-/m1/s1. The highest BCUT2D eigenvalue weighted by Crippen LogP contribution is 2.23. The Morgan fingerprint density at radius 2 is 1.92 bits per heavy atom. The van der Waals surface area contributed by atoms with Crippen molar-refractivity contribution in [2.24, 2.45) is 0 Å². The number of pyridine rings is 1. The van der Waals surface area contributed by atoms with Gasteiger partial charge in [0.05, 0.1) is 26.3 Å². The van der Waals surface area contributed by atoms with E-state index in [2.05, 4.69) is 10.3 Å². The molecule has 0 unspecified atom stereocenters. The Morgan fingerprint density at radius 3 is 2.54 bits per heavy atom. The van der Waals surface area contributed by atoms with Gasteiger partial charge in [0.2, 0.25) is 0 Å². The van der Waals surface area contributed by atoms with Crippen LogP contribution in [0.25, 0.3) is 0 Å². The van der Waals surface area contributed by atoms with Crippen LogP contribution in [-0.2, 0) is 9.53 Å². The number of hydrogen-bond acceptors (Lipinski definition) is 5. The summed E-state index contributed by atoms with van der Waals surface area (Å²) in [6.07, 6.45) is 0.249. The molecule has 0 spiro atoms. The van der Waals surface area contributed by atoms with Crippen LogP contribution in [0.3, 0.4) is 0 Å². The molecule has 0 aliphatic heterocycles. The van der Waals surface area contributed by atoms with Crippen LogP contribution in [0.1, 0.15) is 17.3 Å². The Morgan fingerprint density at radius 1 is 1.21 bits per heavy atom. The first-order chi connectivity index (χ1) is 11.3. The SMILES string of the molecule is C[C@@H](OC(=O)c1ccc(Cl)c(N)c1)C(=O)Nc1ncc(Cl)cc1Cl. The summed E-state index contributed by atoms with van der Waals surface area (Å²) in [6.45, 7) is 1.41. The maximum absolute atomic E-state index is 12.1. The van der Waals surface area contributed by atoms with Gasteiger partial charge in [-0.05, 0) is 31.2 Å². The van der Waals surface area contributed by atoms with Crippen LogP contribution in [0.15, 0.2) is 30.5 Å². The molecule has 126 valence electrons. The number of aromatic nitrogens is 1. The van der Waals surface area contributed by atoms with Crippen molar-refractivity contribution in [1.29, 1.82) is 0 Å². The Balaban J connectivity index is 2.02. The minimum atomic E-state index is -1.08. The third-order valence-electron chi connectivity index (χ3n) is 2.93. The molecule has 1 atom stereocenters. The van der Waals surface area contributed by atoms with Crippen LogP contribution in [0.4, 0.5) is 11.5 Å². The molecule has 0 bridgehead atoms. The van der Waals surface area contributed by atoms with Crippen LogP contribution in [0.5, 0.6) is 0 Å². The van der Waals surface area contributed by atoms with Gasteiger partial charge >= 0.3 is 5.97 Å². The van der Waals surface area contributed by atoms with Crippen molar-refractivity contribution in [2.75, 3.05) is 11.1 Å². The fourth-order valence-electron chi connectivity index (χ4n) is 1.68. The van der Waals surface area contributed by atoms with E-state index in [4.69, 9.17) is 45.3 Å². The molecule has 0 aliphatic rings. The summed E-state index contributed by atoms with van der Waals surface area (Å²) in [5.41, 5.74) is 6.04. The molecule has 1 aromatic heterocycles. The summed E-state index contributed by atoms with van der Waals surface area (Å²) in [6, 6.07) is 5.71. The number of carbonyl (C=O) groups excluding carboxylic acids is 2. The third kappa shape index (κ3) is 4.50. The van der Waals surface area contributed by atoms with Crippen LogP contribution < -0.4 is 11.1 Å². The average molecular weight is 389 g/mol. The van der Waals surface area contributed by atoms with Gasteiger partial charge in [-0.25, -0.2) is 9.78 Å². The number of carbonyl (C=O) groups is 2. The smallest absolute Gasteiger partial charge is 0.338 e. The number of ether oxygens (including phenoxy) is 1. The molecule has 1 amide bonds. The van der Waals surface area contributed by atoms with Crippen molar-refractivity contribution in [3.63, 3.8) is 0 Å². The van der Waals surface area contributed by atoms with Crippen LogP contribution >= 0.6 is 34.8 Å². The second kappa shape index (κ2) is 7.70. The highest BCUT2D eigenvalue weighted by atomic mass is 35.5. The lowest BCUT2D eigenvalue weighted by molar-refractivity contribution is -0.123. The molecule has 0 saturated carbocycles. The van der Waals surface area contributed by atoms with Crippen molar-refractivity contribution < 1.29 is 14.3 Å². The molecular formula is C15H12Cl3N3O3. The quantitative estimate of drug-likeness (QED) is 0.613. The summed E-state index contributed by atoms with van der Waals surface area (Å²) in [7, 11) is 0. The maximum Gasteiger partial charge on any atom is 0.338 e. The number of nitrogens with two attached hydrogens (primary N) is 1. The Labute approximate surface area is 152 Å². The zero-order valence-electron chi connectivity index (χ0n) is 12.3. The number of nitrogens with zero attached hydrogens (tertiary/aromatic N) is 1. The van der Waals surface area contributed by atoms with Crippen molar-refractivity contribution in [1.82, 2.24) is 4.98 Å². The van der Waals surface area contributed by atoms with Crippen molar-refractivity contribution in [3.8, 4) is 0 Å². The van der Waals surface area contributed by atoms with Gasteiger partial charge in [-0.2, -0.15) is 0 Å². The molecule has 1 aromatic carbocycles. The molecule has 24 heavy (non-hydrogen) atoms. The number of nitrogens with one attached hydrogen (secondary N) is 1. The molecular weight excluding hydrogens is 377 g/mol. The largest absolute Gasteiger partial charge is 0.449 e. The lowest BCUT2D eigenvalue weighted by Gasteiger charge is -2.14. The molecule has 0 radical (unpaired) electrons. The number of amides is 1. The van der Waals surface area contributed by atoms with Gasteiger partial charge in [0.15, 0.2) is 11.9 Å². The Kier molecular flexibility index (Phi) is 5.88. The average Bonchev–Trinajstić information content (AvgIpc) is 2.52. The molecule has 9 heteroatoms. The first-order valence-corrected chi connectivity index (χ1v) is 7.79. The summed E-state index contributed by atoms with van der Waals surface area (Å²) in [5.74, 6) is -1.19. The van der Waals surface area contributed by atoms with Gasteiger partial charge in [0.1, 0.15) is 0 Å². The second-order valence-electron chi connectivity index (χ2n) is 4.76. The maximum atomic E-state index is 12.1.